The molecule has 5 aliphatic rings. The number of allylic oxidation sites excluding steroid dienone is 1. The molecule has 1 heterocycles. The van der Waals surface area contributed by atoms with Gasteiger partial charge in [0.05, 0.1) is 25.7 Å². The number of hydrogen-bond acceptors (Lipinski definition) is 8. The van der Waals surface area contributed by atoms with Gasteiger partial charge < -0.3 is 30.4 Å². The summed E-state index contributed by atoms with van der Waals surface area (Å²) in [6.45, 7) is 19.0. The van der Waals surface area contributed by atoms with Gasteiger partial charge in [-0.3, -0.25) is 14.4 Å². The van der Waals surface area contributed by atoms with E-state index < -0.39 is 34.9 Å². The molecule has 0 unspecified atom stereocenters. The molecule has 4 fully saturated rings. The minimum atomic E-state index is -0.672. The van der Waals surface area contributed by atoms with E-state index in [1.165, 1.54) is 12.5 Å². The van der Waals surface area contributed by atoms with E-state index in [1.807, 2.05) is 0 Å². The van der Waals surface area contributed by atoms with Gasteiger partial charge in [0.2, 0.25) is 0 Å². The van der Waals surface area contributed by atoms with Crippen molar-refractivity contribution in [1.29, 1.82) is 0 Å². The lowest BCUT2D eigenvalue weighted by molar-refractivity contribution is -0.262. The van der Waals surface area contributed by atoms with Crippen LogP contribution in [0.2, 0.25) is 0 Å². The lowest BCUT2D eigenvalue weighted by Crippen LogP contribution is -2.70. The summed E-state index contributed by atoms with van der Waals surface area (Å²) < 4.78 is 18.6. The molecule has 4 aliphatic carbocycles. The van der Waals surface area contributed by atoms with Crippen molar-refractivity contribution >= 4 is 17.9 Å². The number of carboxylic acid groups (broad SMARTS) is 1. The summed E-state index contributed by atoms with van der Waals surface area (Å²) in [5.74, 6) is -0.853. The van der Waals surface area contributed by atoms with Crippen LogP contribution in [-0.2, 0) is 28.6 Å². The first-order valence-corrected chi connectivity index (χ1v) is 17.3. The number of esters is 2. The van der Waals surface area contributed by atoms with E-state index in [0.29, 0.717) is 45.1 Å². The summed E-state index contributed by atoms with van der Waals surface area (Å²) in [7, 11) is 0. The number of carbonyl (C=O) groups excluding carboxylic acids is 2. The SMILES string of the molecule is CC(=O)O[C@@H]1C[C@]23COC[C@](C)([C@@H]2CC[C@H]2C3=CC[C@@]3(C)[C@H](C(=O)O)[C@@](C)([C@H](C)C(C)C)CC[C@]23C)[C@H]1OC(=O)CNCCN. The second-order valence-electron chi connectivity index (χ2n) is 16.6. The van der Waals surface area contributed by atoms with Crippen molar-refractivity contribution in [3.8, 4) is 0 Å². The number of ether oxygens (including phenoxy) is 3. The van der Waals surface area contributed by atoms with Crippen molar-refractivity contribution in [2.45, 2.75) is 106 Å². The van der Waals surface area contributed by atoms with Crippen LogP contribution in [0.15, 0.2) is 11.6 Å². The van der Waals surface area contributed by atoms with Crippen LogP contribution in [0, 0.1) is 56.7 Å². The van der Waals surface area contributed by atoms with Crippen molar-refractivity contribution in [2.75, 3.05) is 32.8 Å². The molecule has 2 bridgehead atoms. The first kappa shape index (κ1) is 34.4. The molecule has 0 aromatic carbocycles. The van der Waals surface area contributed by atoms with Crippen LogP contribution >= 0.6 is 0 Å². The molecule has 11 atom stereocenters. The molecule has 0 radical (unpaired) electrons. The van der Waals surface area contributed by atoms with Crippen LogP contribution < -0.4 is 11.1 Å². The number of carboxylic acids is 1. The molecule has 5 rings (SSSR count). The van der Waals surface area contributed by atoms with Crippen LogP contribution in [-0.4, -0.2) is 68.1 Å². The second-order valence-corrected chi connectivity index (χ2v) is 16.6. The molecule has 9 heteroatoms. The Labute approximate surface area is 269 Å². The zero-order valence-electron chi connectivity index (χ0n) is 28.9. The Hall–Kier alpha value is -1.97. The Bertz CT molecular complexity index is 1220. The van der Waals surface area contributed by atoms with Gasteiger partial charge in [0.25, 0.3) is 0 Å². The Morgan fingerprint density at radius 1 is 1.07 bits per heavy atom. The molecule has 1 aliphatic heterocycles. The van der Waals surface area contributed by atoms with Crippen molar-refractivity contribution in [1.82, 2.24) is 5.32 Å². The molecular formula is C36H58N2O7. The van der Waals surface area contributed by atoms with E-state index in [2.05, 4.69) is 59.9 Å². The van der Waals surface area contributed by atoms with Gasteiger partial charge in [0.1, 0.15) is 12.2 Å². The number of hydrogen-bond donors (Lipinski definition) is 3. The molecular weight excluding hydrogens is 572 g/mol. The zero-order valence-corrected chi connectivity index (χ0v) is 28.9. The molecule has 254 valence electrons. The molecule has 45 heavy (non-hydrogen) atoms. The minimum Gasteiger partial charge on any atom is -0.481 e. The first-order chi connectivity index (χ1) is 21.0. The third kappa shape index (κ3) is 5.09. The number of aliphatic carboxylic acids is 1. The number of nitrogens with two attached hydrogens (primary N) is 1. The van der Waals surface area contributed by atoms with Crippen molar-refractivity contribution in [3.63, 3.8) is 0 Å². The fraction of sp³-hybridized carbons (Fsp3) is 0.861. The molecule has 0 amide bonds. The monoisotopic (exact) mass is 630 g/mol. The van der Waals surface area contributed by atoms with Gasteiger partial charge in [-0.15, -0.1) is 0 Å². The van der Waals surface area contributed by atoms with Crippen LogP contribution in [0.25, 0.3) is 0 Å². The molecule has 0 aromatic rings. The fourth-order valence-corrected chi connectivity index (χ4v) is 11.6. The quantitative estimate of drug-likeness (QED) is 0.183. The van der Waals surface area contributed by atoms with Crippen LogP contribution in [0.1, 0.15) is 93.9 Å². The predicted octanol–water partition coefficient (Wildman–Crippen LogP) is 4.97. The van der Waals surface area contributed by atoms with E-state index in [1.54, 1.807) is 0 Å². The average molecular weight is 631 g/mol. The highest BCUT2D eigenvalue weighted by atomic mass is 16.6. The van der Waals surface area contributed by atoms with Gasteiger partial charge in [-0.25, -0.2) is 0 Å². The third-order valence-corrected chi connectivity index (χ3v) is 14.2. The highest BCUT2D eigenvalue weighted by molar-refractivity contribution is 5.73. The Morgan fingerprint density at radius 3 is 2.40 bits per heavy atom. The molecule has 0 spiro atoms. The van der Waals surface area contributed by atoms with Crippen LogP contribution in [0.4, 0.5) is 0 Å². The molecule has 0 aromatic heterocycles. The Balaban J connectivity index is 1.55. The van der Waals surface area contributed by atoms with Crippen molar-refractivity contribution in [2.24, 2.45) is 62.4 Å². The van der Waals surface area contributed by atoms with Gasteiger partial charge in [-0.1, -0.05) is 60.1 Å². The van der Waals surface area contributed by atoms with Crippen molar-refractivity contribution < 1.29 is 33.7 Å². The number of nitrogens with one attached hydrogen (secondary N) is 1. The van der Waals surface area contributed by atoms with Crippen LogP contribution in [0.3, 0.4) is 0 Å². The van der Waals surface area contributed by atoms with Gasteiger partial charge >= 0.3 is 17.9 Å². The Morgan fingerprint density at radius 2 is 1.78 bits per heavy atom. The van der Waals surface area contributed by atoms with E-state index in [4.69, 9.17) is 19.9 Å². The van der Waals surface area contributed by atoms with E-state index in [0.717, 1.165) is 25.7 Å². The summed E-state index contributed by atoms with van der Waals surface area (Å²) in [5.41, 5.74) is 5.11. The summed E-state index contributed by atoms with van der Waals surface area (Å²) in [6.07, 6.45) is 6.13. The maximum absolute atomic E-state index is 13.3. The molecule has 9 nitrogen and oxygen atoms in total. The highest BCUT2D eigenvalue weighted by Gasteiger charge is 2.72. The lowest BCUT2D eigenvalue weighted by atomic mass is 9.34. The molecule has 3 saturated carbocycles. The van der Waals surface area contributed by atoms with E-state index in [9.17, 15) is 19.5 Å². The zero-order chi connectivity index (χ0) is 33.2. The second kappa shape index (κ2) is 11.9. The first-order valence-electron chi connectivity index (χ1n) is 17.3. The number of fused-ring (bicyclic) bond motifs is 3. The normalized spacial score (nSPS) is 44.5. The smallest absolute Gasteiger partial charge is 0.320 e. The Kier molecular flexibility index (Phi) is 9.11. The van der Waals surface area contributed by atoms with Crippen LogP contribution in [0.5, 0.6) is 0 Å². The summed E-state index contributed by atoms with van der Waals surface area (Å²) in [6, 6.07) is 0. The van der Waals surface area contributed by atoms with Gasteiger partial charge in [-0.05, 0) is 78.4 Å². The topological polar surface area (TPSA) is 137 Å². The minimum absolute atomic E-state index is 0.0382. The summed E-state index contributed by atoms with van der Waals surface area (Å²) >= 11 is 0. The van der Waals surface area contributed by atoms with Gasteiger partial charge in [-0.2, -0.15) is 0 Å². The average Bonchev–Trinajstić information content (AvgIpc) is 2.95. The highest BCUT2D eigenvalue weighted by Crippen LogP contribution is 2.75. The largest absolute Gasteiger partial charge is 0.481 e. The molecule has 4 N–H and O–H groups in total. The maximum Gasteiger partial charge on any atom is 0.320 e. The van der Waals surface area contributed by atoms with E-state index >= 15 is 0 Å². The van der Waals surface area contributed by atoms with Crippen molar-refractivity contribution in [3.05, 3.63) is 11.6 Å². The summed E-state index contributed by atoms with van der Waals surface area (Å²) in [5, 5.41) is 13.9. The fourth-order valence-electron chi connectivity index (χ4n) is 11.6. The predicted molar refractivity (Wildman–Crippen MR) is 171 cm³/mol. The van der Waals surface area contributed by atoms with Gasteiger partial charge in [0, 0.05) is 30.8 Å². The molecule has 1 saturated heterocycles. The van der Waals surface area contributed by atoms with Gasteiger partial charge in [0.15, 0.2) is 0 Å². The maximum atomic E-state index is 13.3. The number of carbonyl (C=O) groups is 3. The third-order valence-electron chi connectivity index (χ3n) is 14.2. The lowest BCUT2D eigenvalue weighted by Gasteiger charge is -2.71. The standard InChI is InChI=1S/C36H58N2O7/c1-21(2)22(3)32(5)13-14-34(7)24-9-10-27-33(6)19-43-20-36(27,25(24)11-12-35(34,8)29(32)31(41)42)17-26(44-23(4)39)30(33)45-28(40)18-38-16-15-37/h11,21-22,24,26-27,29-30,38H,9-10,12-20,37H2,1-8H3,(H,41,42)/t22-,24+,26-,27+,29-,30+,32-,33-,34-,35+,36-/m1/s1. The van der Waals surface area contributed by atoms with E-state index in [-0.39, 0.29) is 52.5 Å². The number of rotatable bonds is 9. The summed E-state index contributed by atoms with van der Waals surface area (Å²) in [4.78, 5) is 38.8.